The van der Waals surface area contributed by atoms with Crippen LogP contribution in [0.5, 0.6) is 11.8 Å². The number of para-hydroxylation sites is 1. The third-order valence-corrected chi connectivity index (χ3v) is 10.5. The summed E-state index contributed by atoms with van der Waals surface area (Å²) >= 11 is 0. The van der Waals surface area contributed by atoms with Gasteiger partial charge < -0.3 is 9.30 Å². The van der Waals surface area contributed by atoms with Gasteiger partial charge in [0.2, 0.25) is 11.8 Å². The summed E-state index contributed by atoms with van der Waals surface area (Å²) in [6.45, 7) is 4.22. The maximum Gasteiger partial charge on any atom is 2.00 e. The van der Waals surface area contributed by atoms with E-state index in [0.717, 1.165) is 55.7 Å². The summed E-state index contributed by atoms with van der Waals surface area (Å²) in [6.07, 6.45) is 0. The number of aromatic nitrogens is 6. The molecule has 0 atom stereocenters. The molecule has 57 heavy (non-hydrogen) atoms. The Morgan fingerprint density at radius 1 is 0.579 bits per heavy atom. The van der Waals surface area contributed by atoms with Gasteiger partial charge >= 0.3 is 21.1 Å². The van der Waals surface area contributed by atoms with Gasteiger partial charge in [-0.25, -0.2) is 15.0 Å². The maximum absolute atomic E-state index is 6.43. The second-order valence-electron chi connectivity index (χ2n) is 14.3. The van der Waals surface area contributed by atoms with Crippen LogP contribution in [0.1, 0.15) is 25.1 Å². The number of nitrogens with zero attached hydrogens (tertiary/aromatic N) is 6. The van der Waals surface area contributed by atoms with Crippen molar-refractivity contribution in [3.05, 3.63) is 187 Å². The van der Waals surface area contributed by atoms with Gasteiger partial charge in [0.15, 0.2) is 11.6 Å². The zero-order chi connectivity index (χ0) is 37.6. The number of hydrogen-bond donors (Lipinski definition) is 0. The standard InChI is InChI=1S/C48H33BN6O.Pt/c1-48(2)37-26-15-16-27-38(37)49(47-53-44(33-20-9-4-10-21-33)52-45(54-47)34-22-11-5-12-23-34)42-36-30-31-41(51-46(36)55(43(42)48)35-24-13-6-14-25-35)56-40-29-17-28-39(50-40)32-18-7-3-8-19-32;/h3-18,20-24,26-31H,1-2H3;/q-2;+2. The van der Waals surface area contributed by atoms with Crippen LogP contribution in [0.25, 0.3) is 50.8 Å². The fraction of sp³-hybridized carbons (Fsp3) is 0.0625. The largest absolute Gasteiger partial charge is 2.00 e. The van der Waals surface area contributed by atoms with Gasteiger partial charge in [-0.2, -0.15) is 29.2 Å². The van der Waals surface area contributed by atoms with E-state index in [9.17, 15) is 0 Å². The molecule has 9 aromatic rings. The van der Waals surface area contributed by atoms with Crippen molar-refractivity contribution >= 4 is 34.4 Å². The molecule has 0 saturated heterocycles. The Bertz CT molecular complexity index is 2810. The molecule has 0 unspecified atom stereocenters. The average Bonchev–Trinajstić information content (AvgIpc) is 3.60. The van der Waals surface area contributed by atoms with Crippen LogP contribution in [0.2, 0.25) is 0 Å². The smallest absolute Gasteiger partial charge is 0.421 e. The molecule has 0 aliphatic carbocycles. The first kappa shape index (κ1) is 36.2. The fourth-order valence-electron chi connectivity index (χ4n) is 7.99. The first-order valence-electron chi connectivity index (χ1n) is 18.6. The molecular formula is C48H33BN6OPt. The number of rotatable bonds is 7. The van der Waals surface area contributed by atoms with E-state index >= 15 is 0 Å². The molecule has 7 nitrogen and oxygen atoms in total. The molecule has 0 spiro atoms. The fourth-order valence-corrected chi connectivity index (χ4v) is 7.99. The van der Waals surface area contributed by atoms with Crippen molar-refractivity contribution in [2.24, 2.45) is 0 Å². The van der Waals surface area contributed by atoms with Gasteiger partial charge in [0.25, 0.3) is 6.71 Å². The maximum atomic E-state index is 6.43. The zero-order valence-electron chi connectivity index (χ0n) is 31.1. The quantitative estimate of drug-likeness (QED) is 0.119. The summed E-state index contributed by atoms with van der Waals surface area (Å²) in [5.74, 6) is 2.11. The molecule has 5 aromatic carbocycles. The number of fused-ring (bicyclic) bond motifs is 4. The van der Waals surface area contributed by atoms with Gasteiger partial charge in [0, 0.05) is 33.7 Å². The van der Waals surface area contributed by atoms with Crippen LogP contribution in [-0.4, -0.2) is 36.2 Å². The van der Waals surface area contributed by atoms with Crippen LogP contribution >= 0.6 is 0 Å². The van der Waals surface area contributed by atoms with Crippen molar-refractivity contribution in [2.45, 2.75) is 19.3 Å². The topological polar surface area (TPSA) is 78.6 Å². The van der Waals surface area contributed by atoms with Crippen molar-refractivity contribution in [3.8, 4) is 51.5 Å². The SMILES string of the molecule is CC1(C)c2ccccc2B(c2nc(-c3ccccc3)nc(-c3ccccc3)n2)c2c1n(-c1[c-]cccc1)c1nc(Oc3cccc(-c4[c-]cccc4)n3)ccc21.[Pt+2]. The molecule has 0 bridgehead atoms. The molecule has 1 aliphatic rings. The summed E-state index contributed by atoms with van der Waals surface area (Å²) < 4.78 is 8.67. The normalized spacial score (nSPS) is 12.7. The van der Waals surface area contributed by atoms with Crippen LogP contribution in [0.4, 0.5) is 0 Å². The van der Waals surface area contributed by atoms with Gasteiger partial charge in [0.1, 0.15) is 11.4 Å². The van der Waals surface area contributed by atoms with Crippen molar-refractivity contribution < 1.29 is 25.8 Å². The Morgan fingerprint density at radius 3 is 1.91 bits per heavy atom. The van der Waals surface area contributed by atoms with Crippen LogP contribution in [0.3, 0.4) is 0 Å². The predicted molar refractivity (Wildman–Crippen MR) is 222 cm³/mol. The Morgan fingerprint density at radius 2 is 1.23 bits per heavy atom. The van der Waals surface area contributed by atoms with Crippen LogP contribution in [0, 0.1) is 12.1 Å². The molecule has 0 N–H and O–H groups in total. The third kappa shape index (κ3) is 6.46. The van der Waals surface area contributed by atoms with E-state index in [-0.39, 0.29) is 27.8 Å². The monoisotopic (exact) mass is 915 g/mol. The second-order valence-corrected chi connectivity index (χ2v) is 14.3. The molecule has 0 radical (unpaired) electrons. The first-order valence-corrected chi connectivity index (χ1v) is 18.6. The predicted octanol–water partition coefficient (Wildman–Crippen LogP) is 8.15. The van der Waals surface area contributed by atoms with E-state index in [1.807, 2.05) is 127 Å². The van der Waals surface area contributed by atoms with Crippen LogP contribution in [0.15, 0.2) is 164 Å². The van der Waals surface area contributed by atoms with Crippen molar-refractivity contribution in [3.63, 3.8) is 0 Å². The summed E-state index contributed by atoms with van der Waals surface area (Å²) in [7, 11) is 0. The van der Waals surface area contributed by atoms with Gasteiger partial charge in [-0.1, -0.05) is 122 Å². The molecule has 10 rings (SSSR count). The van der Waals surface area contributed by atoms with E-state index in [2.05, 4.69) is 66.9 Å². The molecule has 1 aliphatic heterocycles. The van der Waals surface area contributed by atoms with Crippen LogP contribution in [-0.2, 0) is 26.5 Å². The van der Waals surface area contributed by atoms with Gasteiger partial charge in [0.05, 0.1) is 0 Å². The first-order chi connectivity index (χ1) is 27.5. The molecule has 274 valence electrons. The second kappa shape index (κ2) is 14.9. The van der Waals surface area contributed by atoms with Gasteiger partial charge in [-0.15, -0.1) is 42.0 Å². The molecule has 5 heterocycles. The van der Waals surface area contributed by atoms with Crippen molar-refractivity contribution in [1.29, 1.82) is 0 Å². The van der Waals surface area contributed by atoms with E-state index < -0.39 is 5.41 Å². The Labute approximate surface area is 345 Å². The summed E-state index contributed by atoms with van der Waals surface area (Å²) in [4.78, 5) is 25.7. The Balaban J connectivity index is 0.00000422. The molecule has 0 saturated carbocycles. The summed E-state index contributed by atoms with van der Waals surface area (Å²) in [5.41, 5.74) is 9.84. The average molecular weight is 916 g/mol. The molecular weight excluding hydrogens is 882 g/mol. The minimum absolute atomic E-state index is 0. The Kier molecular flexibility index (Phi) is 9.43. The third-order valence-electron chi connectivity index (χ3n) is 10.5. The summed E-state index contributed by atoms with van der Waals surface area (Å²) in [6, 6.07) is 61.2. The summed E-state index contributed by atoms with van der Waals surface area (Å²) in [5, 5.41) is 0.973. The van der Waals surface area contributed by atoms with E-state index in [4.69, 9.17) is 29.7 Å². The van der Waals surface area contributed by atoms with Crippen molar-refractivity contribution in [2.75, 3.05) is 0 Å². The molecule has 0 amide bonds. The van der Waals surface area contributed by atoms with Gasteiger partial charge in [-0.3, -0.25) is 4.98 Å². The van der Waals surface area contributed by atoms with E-state index in [0.29, 0.717) is 29.1 Å². The van der Waals surface area contributed by atoms with Crippen molar-refractivity contribution in [1.82, 2.24) is 29.5 Å². The Hall–Kier alpha value is -6.50. The molecule has 0 fully saturated rings. The minimum Gasteiger partial charge on any atom is -0.421 e. The minimum atomic E-state index is -0.451. The number of ether oxygens (including phenoxy) is 1. The van der Waals surface area contributed by atoms with Gasteiger partial charge in [-0.05, 0) is 28.9 Å². The number of pyridine rings is 2. The molecule has 4 aromatic heterocycles. The number of hydrogen-bond acceptors (Lipinski definition) is 6. The van der Waals surface area contributed by atoms with E-state index in [1.165, 1.54) is 5.56 Å². The zero-order valence-corrected chi connectivity index (χ0v) is 33.3. The number of benzene rings is 5. The molecule has 9 heteroatoms. The van der Waals surface area contributed by atoms with Crippen LogP contribution < -0.4 is 21.4 Å². The van der Waals surface area contributed by atoms with E-state index in [1.54, 1.807) is 0 Å².